The lowest BCUT2D eigenvalue weighted by Gasteiger charge is -2.34. The Bertz CT molecular complexity index is 792. The molecule has 1 N–H and O–H groups in total. The first kappa shape index (κ1) is 20.4. The predicted octanol–water partition coefficient (Wildman–Crippen LogP) is 3.36. The SMILES string of the molecule is CCCOc1cc(N2CCN(Sc3ccc(NC(C)=O)cc3)CC2)nc(C)n1. The molecule has 1 amide bonds. The van der Waals surface area contributed by atoms with E-state index in [1.54, 1.807) is 11.9 Å². The molecule has 150 valence electrons. The first-order chi connectivity index (χ1) is 13.5. The molecule has 1 fully saturated rings. The van der Waals surface area contributed by atoms with Crippen LogP contribution in [0.1, 0.15) is 26.1 Å². The molecule has 2 aromatic rings. The van der Waals surface area contributed by atoms with Gasteiger partial charge < -0.3 is 15.0 Å². The van der Waals surface area contributed by atoms with Crippen LogP contribution in [0.2, 0.25) is 0 Å². The van der Waals surface area contributed by atoms with Crippen LogP contribution in [0.15, 0.2) is 35.2 Å². The van der Waals surface area contributed by atoms with Crippen molar-refractivity contribution >= 4 is 29.4 Å². The normalized spacial score (nSPS) is 14.8. The van der Waals surface area contributed by atoms with Gasteiger partial charge in [-0.3, -0.25) is 4.79 Å². The molecule has 1 saturated heterocycles. The summed E-state index contributed by atoms with van der Waals surface area (Å²) in [5.74, 6) is 2.27. The number of hydrogen-bond acceptors (Lipinski definition) is 7. The zero-order valence-corrected chi connectivity index (χ0v) is 17.5. The summed E-state index contributed by atoms with van der Waals surface area (Å²) in [5.41, 5.74) is 0.821. The quantitative estimate of drug-likeness (QED) is 0.713. The number of nitrogens with one attached hydrogen (secondary N) is 1. The molecule has 0 saturated carbocycles. The van der Waals surface area contributed by atoms with Crippen molar-refractivity contribution in [1.82, 2.24) is 14.3 Å². The molecule has 0 bridgehead atoms. The second-order valence-electron chi connectivity index (χ2n) is 6.67. The molecule has 1 aliphatic rings. The number of aryl methyl sites for hydroxylation is 1. The topological polar surface area (TPSA) is 70.6 Å². The Hall–Kier alpha value is -2.32. The van der Waals surface area contributed by atoms with E-state index in [4.69, 9.17) is 4.74 Å². The van der Waals surface area contributed by atoms with Crippen molar-refractivity contribution in [3.8, 4) is 5.88 Å². The van der Waals surface area contributed by atoms with Crippen molar-refractivity contribution in [3.05, 3.63) is 36.2 Å². The molecule has 1 aromatic heterocycles. The molecule has 0 spiro atoms. The monoisotopic (exact) mass is 401 g/mol. The number of carbonyl (C=O) groups is 1. The maximum Gasteiger partial charge on any atom is 0.221 e. The van der Waals surface area contributed by atoms with E-state index in [9.17, 15) is 4.79 Å². The van der Waals surface area contributed by atoms with E-state index in [1.807, 2.05) is 37.3 Å². The molecular weight excluding hydrogens is 374 g/mol. The fraction of sp³-hybridized carbons (Fsp3) is 0.450. The van der Waals surface area contributed by atoms with E-state index in [0.29, 0.717) is 12.5 Å². The third-order valence-corrected chi connectivity index (χ3v) is 5.33. The summed E-state index contributed by atoms with van der Waals surface area (Å²) in [6.45, 7) is 9.85. The number of rotatable bonds is 7. The van der Waals surface area contributed by atoms with Crippen LogP contribution in [0.5, 0.6) is 5.88 Å². The number of hydrogen-bond donors (Lipinski definition) is 1. The summed E-state index contributed by atoms with van der Waals surface area (Å²) in [6, 6.07) is 9.87. The van der Waals surface area contributed by atoms with Crippen LogP contribution in [0.4, 0.5) is 11.5 Å². The van der Waals surface area contributed by atoms with E-state index in [-0.39, 0.29) is 5.91 Å². The average molecular weight is 402 g/mol. The maximum absolute atomic E-state index is 11.1. The summed E-state index contributed by atoms with van der Waals surface area (Å²) in [5, 5.41) is 2.79. The number of aromatic nitrogens is 2. The van der Waals surface area contributed by atoms with Gasteiger partial charge >= 0.3 is 0 Å². The van der Waals surface area contributed by atoms with Gasteiger partial charge in [-0.1, -0.05) is 6.92 Å². The molecule has 1 aromatic carbocycles. The second-order valence-corrected chi connectivity index (χ2v) is 7.84. The van der Waals surface area contributed by atoms with Crippen LogP contribution in [0.3, 0.4) is 0 Å². The van der Waals surface area contributed by atoms with Gasteiger partial charge in [0.25, 0.3) is 0 Å². The third-order valence-electron chi connectivity index (χ3n) is 4.23. The van der Waals surface area contributed by atoms with Crippen LogP contribution in [0.25, 0.3) is 0 Å². The molecule has 2 heterocycles. The van der Waals surface area contributed by atoms with Gasteiger partial charge in [-0.05, 0) is 49.6 Å². The van der Waals surface area contributed by atoms with Crippen molar-refractivity contribution in [2.24, 2.45) is 0 Å². The number of piperazine rings is 1. The summed E-state index contributed by atoms with van der Waals surface area (Å²) < 4.78 is 8.04. The molecular formula is C20H27N5O2S. The summed E-state index contributed by atoms with van der Waals surface area (Å²) in [7, 11) is 0. The second kappa shape index (κ2) is 9.75. The standard InChI is InChI=1S/C20H27N5O2S/c1-4-13-27-20-14-19(21-15(2)22-20)24-9-11-25(12-10-24)28-18-7-5-17(6-8-18)23-16(3)26/h5-8,14H,4,9-13H2,1-3H3,(H,23,26). The van der Waals surface area contributed by atoms with Crippen molar-refractivity contribution < 1.29 is 9.53 Å². The van der Waals surface area contributed by atoms with E-state index in [0.717, 1.165) is 54.8 Å². The van der Waals surface area contributed by atoms with Crippen LogP contribution < -0.4 is 15.0 Å². The number of carbonyl (C=O) groups excluding carboxylic acids is 1. The maximum atomic E-state index is 11.1. The highest BCUT2D eigenvalue weighted by atomic mass is 32.2. The van der Waals surface area contributed by atoms with E-state index < -0.39 is 0 Å². The predicted molar refractivity (Wildman–Crippen MR) is 113 cm³/mol. The van der Waals surface area contributed by atoms with Crippen LogP contribution in [-0.4, -0.2) is 53.0 Å². The lowest BCUT2D eigenvalue weighted by molar-refractivity contribution is -0.114. The number of anilines is 2. The Kier molecular flexibility index (Phi) is 7.11. The Morgan fingerprint density at radius 2 is 1.89 bits per heavy atom. The molecule has 3 rings (SSSR count). The van der Waals surface area contributed by atoms with E-state index in [1.165, 1.54) is 6.92 Å². The van der Waals surface area contributed by atoms with Crippen molar-refractivity contribution in [3.63, 3.8) is 0 Å². The number of ether oxygens (including phenoxy) is 1. The molecule has 7 nitrogen and oxygen atoms in total. The van der Waals surface area contributed by atoms with Crippen molar-refractivity contribution in [1.29, 1.82) is 0 Å². The fourth-order valence-electron chi connectivity index (χ4n) is 2.93. The molecule has 1 aliphatic heterocycles. The van der Waals surface area contributed by atoms with E-state index in [2.05, 4.69) is 31.4 Å². The molecule has 0 unspecified atom stereocenters. The van der Waals surface area contributed by atoms with Gasteiger partial charge in [0, 0.05) is 49.8 Å². The summed E-state index contributed by atoms with van der Waals surface area (Å²) in [6.07, 6.45) is 0.958. The van der Waals surface area contributed by atoms with Crippen LogP contribution >= 0.6 is 11.9 Å². The molecule has 0 radical (unpaired) electrons. The van der Waals surface area contributed by atoms with Gasteiger partial charge in [-0.15, -0.1) is 0 Å². The largest absolute Gasteiger partial charge is 0.478 e. The van der Waals surface area contributed by atoms with Gasteiger partial charge in [-0.2, -0.15) is 4.98 Å². The van der Waals surface area contributed by atoms with Gasteiger partial charge in [-0.25, -0.2) is 9.29 Å². The van der Waals surface area contributed by atoms with Crippen molar-refractivity contribution in [2.45, 2.75) is 32.1 Å². The molecule has 8 heteroatoms. The highest BCUT2D eigenvalue weighted by Crippen LogP contribution is 2.27. The minimum Gasteiger partial charge on any atom is -0.478 e. The van der Waals surface area contributed by atoms with Crippen molar-refractivity contribution in [2.75, 3.05) is 43.0 Å². The number of benzene rings is 1. The van der Waals surface area contributed by atoms with Gasteiger partial charge in [0.2, 0.25) is 11.8 Å². The third kappa shape index (κ3) is 5.84. The van der Waals surface area contributed by atoms with E-state index >= 15 is 0 Å². The highest BCUT2D eigenvalue weighted by molar-refractivity contribution is 7.97. The molecule has 0 atom stereocenters. The lowest BCUT2D eigenvalue weighted by atomic mass is 10.3. The number of nitrogens with zero attached hydrogens (tertiary/aromatic N) is 4. The van der Waals surface area contributed by atoms with Gasteiger partial charge in [0.05, 0.1) is 6.61 Å². The first-order valence-electron chi connectivity index (χ1n) is 9.57. The Labute approximate surface area is 170 Å². The highest BCUT2D eigenvalue weighted by Gasteiger charge is 2.20. The minimum atomic E-state index is -0.0558. The lowest BCUT2D eigenvalue weighted by Crippen LogP contribution is -2.43. The summed E-state index contributed by atoms with van der Waals surface area (Å²) >= 11 is 1.74. The zero-order valence-electron chi connectivity index (χ0n) is 16.6. The zero-order chi connectivity index (χ0) is 19.9. The average Bonchev–Trinajstić information content (AvgIpc) is 2.68. The molecule has 28 heavy (non-hydrogen) atoms. The molecule has 0 aliphatic carbocycles. The Balaban J connectivity index is 1.54. The van der Waals surface area contributed by atoms with Gasteiger partial charge in [0.1, 0.15) is 11.6 Å². The minimum absolute atomic E-state index is 0.0558. The number of amides is 1. The van der Waals surface area contributed by atoms with Gasteiger partial charge in [0.15, 0.2) is 0 Å². The Morgan fingerprint density at radius 3 is 2.54 bits per heavy atom. The summed E-state index contributed by atoms with van der Waals surface area (Å²) in [4.78, 5) is 23.5. The first-order valence-corrected chi connectivity index (χ1v) is 10.3. The fourth-order valence-corrected chi connectivity index (χ4v) is 3.83. The Morgan fingerprint density at radius 1 is 1.18 bits per heavy atom. The van der Waals surface area contributed by atoms with Crippen LogP contribution in [0, 0.1) is 6.92 Å². The smallest absolute Gasteiger partial charge is 0.221 e. The van der Waals surface area contributed by atoms with Crippen LogP contribution in [-0.2, 0) is 4.79 Å².